The summed E-state index contributed by atoms with van der Waals surface area (Å²) < 4.78 is 6.08. The van der Waals surface area contributed by atoms with E-state index in [9.17, 15) is 0 Å². The molecule has 3 nitrogen and oxygen atoms in total. The zero-order chi connectivity index (χ0) is 10.6. The van der Waals surface area contributed by atoms with Crippen molar-refractivity contribution in [1.82, 2.24) is 5.32 Å². The lowest BCUT2D eigenvalue weighted by Crippen LogP contribution is -2.28. The van der Waals surface area contributed by atoms with Crippen molar-refractivity contribution in [3.05, 3.63) is 22.6 Å². The summed E-state index contributed by atoms with van der Waals surface area (Å²) in [5.74, 6) is 0.898. The van der Waals surface area contributed by atoms with Crippen molar-refractivity contribution in [2.45, 2.75) is 39.0 Å². The quantitative estimate of drug-likeness (QED) is 0.855. The van der Waals surface area contributed by atoms with Gasteiger partial charge in [0.05, 0.1) is 12.6 Å². The zero-order valence-corrected chi connectivity index (χ0v) is 10.0. The third kappa shape index (κ3) is 4.26. The van der Waals surface area contributed by atoms with Gasteiger partial charge < -0.3 is 14.8 Å². The van der Waals surface area contributed by atoms with E-state index in [4.69, 9.17) is 9.52 Å². The Balaban J connectivity index is 2.26. The Hall–Kier alpha value is -0.320. The standard InChI is InChI=1S/C10H16BrNO2/c1-7(5-8(2)13)12-6-9-3-4-10(11)14-9/h3-4,7-8,12-13H,5-6H2,1-2H3. The van der Waals surface area contributed by atoms with Crippen molar-refractivity contribution in [3.8, 4) is 0 Å². The van der Waals surface area contributed by atoms with Crippen molar-refractivity contribution >= 4 is 15.9 Å². The van der Waals surface area contributed by atoms with Crippen molar-refractivity contribution in [3.63, 3.8) is 0 Å². The lowest BCUT2D eigenvalue weighted by molar-refractivity contribution is 0.170. The first-order valence-electron chi connectivity index (χ1n) is 4.73. The van der Waals surface area contributed by atoms with Gasteiger partial charge in [-0.3, -0.25) is 0 Å². The molecule has 14 heavy (non-hydrogen) atoms. The number of nitrogens with one attached hydrogen (secondary N) is 1. The van der Waals surface area contributed by atoms with E-state index in [-0.39, 0.29) is 6.10 Å². The molecule has 1 rings (SSSR count). The van der Waals surface area contributed by atoms with Gasteiger partial charge in [-0.2, -0.15) is 0 Å². The van der Waals surface area contributed by atoms with Gasteiger partial charge in [0.25, 0.3) is 0 Å². The minimum Gasteiger partial charge on any atom is -0.453 e. The topological polar surface area (TPSA) is 45.4 Å². The van der Waals surface area contributed by atoms with E-state index in [0.717, 1.165) is 16.9 Å². The Morgan fingerprint density at radius 1 is 1.50 bits per heavy atom. The molecule has 2 unspecified atom stereocenters. The Morgan fingerprint density at radius 2 is 2.21 bits per heavy atom. The number of halogens is 1. The van der Waals surface area contributed by atoms with Crippen LogP contribution in [0.2, 0.25) is 0 Å². The van der Waals surface area contributed by atoms with Gasteiger partial charge in [-0.1, -0.05) is 0 Å². The Morgan fingerprint density at radius 3 is 2.71 bits per heavy atom. The first-order chi connectivity index (χ1) is 6.58. The molecule has 80 valence electrons. The fourth-order valence-corrected chi connectivity index (χ4v) is 1.66. The summed E-state index contributed by atoms with van der Waals surface area (Å²) in [5.41, 5.74) is 0. The van der Waals surface area contributed by atoms with E-state index in [1.54, 1.807) is 6.92 Å². The van der Waals surface area contributed by atoms with Gasteiger partial charge in [-0.05, 0) is 48.3 Å². The molecule has 0 aliphatic heterocycles. The van der Waals surface area contributed by atoms with Gasteiger partial charge in [0, 0.05) is 6.04 Å². The normalized spacial score (nSPS) is 15.4. The molecule has 2 N–H and O–H groups in total. The molecule has 0 bridgehead atoms. The van der Waals surface area contributed by atoms with Crippen LogP contribution >= 0.6 is 15.9 Å². The monoisotopic (exact) mass is 261 g/mol. The third-order valence-electron chi connectivity index (χ3n) is 1.95. The van der Waals surface area contributed by atoms with Crippen LogP contribution in [0, 0.1) is 0 Å². The molecule has 0 aliphatic carbocycles. The second kappa shape index (κ2) is 5.53. The van der Waals surface area contributed by atoms with Gasteiger partial charge in [-0.25, -0.2) is 0 Å². The van der Waals surface area contributed by atoms with Crippen LogP contribution in [0.3, 0.4) is 0 Å². The first-order valence-corrected chi connectivity index (χ1v) is 5.53. The van der Waals surface area contributed by atoms with Crippen LogP contribution in [0.4, 0.5) is 0 Å². The maximum Gasteiger partial charge on any atom is 0.169 e. The van der Waals surface area contributed by atoms with Crippen molar-refractivity contribution in [2.24, 2.45) is 0 Å². The zero-order valence-electron chi connectivity index (χ0n) is 8.46. The van der Waals surface area contributed by atoms with E-state index < -0.39 is 0 Å². The van der Waals surface area contributed by atoms with Gasteiger partial charge in [0.15, 0.2) is 4.67 Å². The average molecular weight is 262 g/mol. The van der Waals surface area contributed by atoms with Crippen LogP contribution in [-0.2, 0) is 6.54 Å². The maximum absolute atomic E-state index is 9.15. The Kier molecular flexibility index (Phi) is 4.65. The summed E-state index contributed by atoms with van der Waals surface area (Å²) in [6.45, 7) is 4.53. The highest BCUT2D eigenvalue weighted by Gasteiger charge is 2.06. The summed E-state index contributed by atoms with van der Waals surface area (Å²) in [5, 5.41) is 12.4. The minimum absolute atomic E-state index is 0.263. The van der Waals surface area contributed by atoms with Crippen molar-refractivity contribution < 1.29 is 9.52 Å². The second-order valence-corrected chi connectivity index (χ2v) is 4.35. The number of rotatable bonds is 5. The van der Waals surface area contributed by atoms with Crippen LogP contribution < -0.4 is 5.32 Å². The highest BCUT2D eigenvalue weighted by Crippen LogP contribution is 2.13. The fourth-order valence-electron chi connectivity index (χ4n) is 1.32. The fraction of sp³-hybridized carbons (Fsp3) is 0.600. The number of aliphatic hydroxyl groups is 1. The smallest absolute Gasteiger partial charge is 0.169 e. The van der Waals surface area contributed by atoms with Crippen LogP contribution in [0.5, 0.6) is 0 Å². The molecule has 1 heterocycles. The van der Waals surface area contributed by atoms with E-state index in [1.165, 1.54) is 0 Å². The van der Waals surface area contributed by atoms with Gasteiger partial charge >= 0.3 is 0 Å². The lowest BCUT2D eigenvalue weighted by atomic mass is 10.1. The molecule has 0 amide bonds. The van der Waals surface area contributed by atoms with Crippen molar-refractivity contribution in [2.75, 3.05) is 0 Å². The third-order valence-corrected chi connectivity index (χ3v) is 2.37. The molecular formula is C10H16BrNO2. The average Bonchev–Trinajstić information content (AvgIpc) is 2.47. The molecular weight excluding hydrogens is 246 g/mol. The number of furan rings is 1. The summed E-state index contributed by atoms with van der Waals surface area (Å²) >= 11 is 3.25. The molecule has 0 radical (unpaired) electrons. The predicted molar refractivity (Wildman–Crippen MR) is 59.0 cm³/mol. The van der Waals surface area contributed by atoms with E-state index >= 15 is 0 Å². The molecule has 0 aromatic carbocycles. The molecule has 0 aliphatic rings. The molecule has 2 atom stereocenters. The van der Waals surface area contributed by atoms with Gasteiger partial charge in [0.1, 0.15) is 5.76 Å². The summed E-state index contributed by atoms with van der Waals surface area (Å²) in [6.07, 6.45) is 0.489. The largest absolute Gasteiger partial charge is 0.453 e. The molecule has 0 saturated heterocycles. The SMILES string of the molecule is CC(O)CC(C)NCc1ccc(Br)o1. The van der Waals surface area contributed by atoms with E-state index in [2.05, 4.69) is 21.2 Å². The number of hydrogen-bond acceptors (Lipinski definition) is 3. The van der Waals surface area contributed by atoms with E-state index in [0.29, 0.717) is 12.6 Å². The van der Waals surface area contributed by atoms with Crippen LogP contribution in [-0.4, -0.2) is 17.3 Å². The molecule has 1 aromatic rings. The highest BCUT2D eigenvalue weighted by molar-refractivity contribution is 9.10. The molecule has 4 heteroatoms. The molecule has 1 aromatic heterocycles. The summed E-state index contributed by atoms with van der Waals surface area (Å²) in [6, 6.07) is 4.08. The van der Waals surface area contributed by atoms with Crippen LogP contribution in [0.15, 0.2) is 21.2 Å². The predicted octanol–water partition coefficient (Wildman–Crippen LogP) is 2.29. The minimum atomic E-state index is -0.263. The number of aliphatic hydroxyl groups excluding tert-OH is 1. The maximum atomic E-state index is 9.15. The highest BCUT2D eigenvalue weighted by atomic mass is 79.9. The molecule has 0 spiro atoms. The van der Waals surface area contributed by atoms with E-state index in [1.807, 2.05) is 19.1 Å². The summed E-state index contributed by atoms with van der Waals surface area (Å²) in [4.78, 5) is 0. The summed E-state index contributed by atoms with van der Waals surface area (Å²) in [7, 11) is 0. The number of hydrogen-bond donors (Lipinski definition) is 2. The molecule has 0 fully saturated rings. The van der Waals surface area contributed by atoms with Crippen LogP contribution in [0.1, 0.15) is 26.0 Å². The Bertz CT molecular complexity index is 273. The van der Waals surface area contributed by atoms with Crippen molar-refractivity contribution in [1.29, 1.82) is 0 Å². The van der Waals surface area contributed by atoms with Gasteiger partial charge in [-0.15, -0.1) is 0 Å². The van der Waals surface area contributed by atoms with Crippen LogP contribution in [0.25, 0.3) is 0 Å². The molecule has 0 saturated carbocycles. The van der Waals surface area contributed by atoms with Gasteiger partial charge in [0.2, 0.25) is 0 Å². The Labute approximate surface area is 92.6 Å². The second-order valence-electron chi connectivity index (χ2n) is 3.57. The first kappa shape index (κ1) is 11.8. The lowest BCUT2D eigenvalue weighted by Gasteiger charge is -2.14.